The highest BCUT2D eigenvalue weighted by Crippen LogP contribution is 2.41. The highest BCUT2D eigenvalue weighted by molar-refractivity contribution is 4.86. The van der Waals surface area contributed by atoms with Gasteiger partial charge in [-0.15, -0.1) is 0 Å². The van der Waals surface area contributed by atoms with Gasteiger partial charge in [0.05, 0.1) is 6.10 Å². The van der Waals surface area contributed by atoms with Gasteiger partial charge in [-0.2, -0.15) is 13.2 Å². The Kier molecular flexibility index (Phi) is 4.70. The fourth-order valence-corrected chi connectivity index (χ4v) is 3.07. The molecule has 4 atom stereocenters. The van der Waals surface area contributed by atoms with E-state index in [1.54, 1.807) is 0 Å². The minimum atomic E-state index is -4.39. The van der Waals surface area contributed by atoms with Gasteiger partial charge in [0.2, 0.25) is 0 Å². The van der Waals surface area contributed by atoms with Crippen LogP contribution in [-0.4, -0.2) is 24.4 Å². The number of ether oxygens (including phenoxy) is 1. The lowest BCUT2D eigenvalue weighted by molar-refractivity contribution is -0.244. The molecule has 2 nitrogen and oxygen atoms in total. The highest BCUT2D eigenvalue weighted by Gasteiger charge is 2.45. The number of hydrogen-bond acceptors (Lipinski definition) is 2. The largest absolute Gasteiger partial charge is 0.416 e. The summed E-state index contributed by atoms with van der Waals surface area (Å²) in [6, 6.07) is -1.04. The topological polar surface area (TPSA) is 35.2 Å². The third-order valence-electron chi connectivity index (χ3n) is 3.49. The Balaban J connectivity index is 2.70. The van der Waals surface area contributed by atoms with Gasteiger partial charge in [-0.25, -0.2) is 0 Å². The maximum Gasteiger partial charge on any atom is 0.416 e. The van der Waals surface area contributed by atoms with Gasteiger partial charge in [0.1, 0.15) is 0 Å². The van der Waals surface area contributed by atoms with Crippen LogP contribution in [-0.2, 0) is 4.74 Å². The van der Waals surface area contributed by atoms with Crippen LogP contribution < -0.4 is 5.73 Å². The van der Waals surface area contributed by atoms with Crippen LogP contribution in [0.2, 0.25) is 0 Å². The van der Waals surface area contributed by atoms with Crippen molar-refractivity contribution in [2.75, 3.05) is 0 Å². The van der Waals surface area contributed by atoms with Gasteiger partial charge >= 0.3 is 6.18 Å². The summed E-state index contributed by atoms with van der Waals surface area (Å²) >= 11 is 0. The molecule has 0 aliphatic heterocycles. The zero-order valence-electron chi connectivity index (χ0n) is 11.6. The predicted octanol–water partition coefficient (Wildman–Crippen LogP) is 3.50. The van der Waals surface area contributed by atoms with Crippen LogP contribution in [0.4, 0.5) is 13.2 Å². The molecule has 5 heteroatoms. The molecular weight excluding hydrogens is 243 g/mol. The van der Waals surface area contributed by atoms with Gasteiger partial charge < -0.3 is 10.5 Å². The maximum atomic E-state index is 12.8. The molecule has 1 aliphatic rings. The second-order valence-electron chi connectivity index (χ2n) is 6.49. The fraction of sp³-hybridized carbons (Fsp3) is 1.00. The van der Waals surface area contributed by atoms with E-state index in [2.05, 4.69) is 20.8 Å². The first-order chi connectivity index (χ1) is 8.01. The summed E-state index contributed by atoms with van der Waals surface area (Å²) in [7, 11) is 0. The van der Waals surface area contributed by atoms with Crippen LogP contribution in [0.3, 0.4) is 0 Å². The molecule has 0 aromatic carbocycles. The van der Waals surface area contributed by atoms with Crippen molar-refractivity contribution in [1.82, 2.24) is 0 Å². The third kappa shape index (κ3) is 4.43. The van der Waals surface area contributed by atoms with Crippen LogP contribution in [0.5, 0.6) is 0 Å². The van der Waals surface area contributed by atoms with Gasteiger partial charge in [-0.1, -0.05) is 20.8 Å². The number of rotatable bonds is 3. The van der Waals surface area contributed by atoms with Crippen molar-refractivity contribution in [2.45, 2.75) is 71.4 Å². The number of alkyl halides is 3. The summed E-state index contributed by atoms with van der Waals surface area (Å²) < 4.78 is 43.7. The van der Waals surface area contributed by atoms with E-state index in [0.717, 1.165) is 6.42 Å². The Bertz CT molecular complexity index is 276. The second kappa shape index (κ2) is 5.37. The molecule has 1 fully saturated rings. The van der Waals surface area contributed by atoms with E-state index in [0.29, 0.717) is 18.8 Å². The third-order valence-corrected chi connectivity index (χ3v) is 3.49. The van der Waals surface area contributed by atoms with Gasteiger partial charge in [0.25, 0.3) is 0 Å². The van der Waals surface area contributed by atoms with Crippen molar-refractivity contribution in [3.63, 3.8) is 0 Å². The lowest BCUT2D eigenvalue weighted by Crippen LogP contribution is -2.48. The van der Waals surface area contributed by atoms with Crippen LogP contribution in [0.1, 0.15) is 47.0 Å². The number of hydrogen-bond donors (Lipinski definition) is 1. The minimum Gasteiger partial charge on any atom is -0.364 e. The molecule has 1 saturated carbocycles. The summed E-state index contributed by atoms with van der Waals surface area (Å²) in [5.41, 5.74) is 5.44. The monoisotopic (exact) mass is 267 g/mol. The molecule has 0 amide bonds. The van der Waals surface area contributed by atoms with Crippen molar-refractivity contribution in [2.24, 2.45) is 17.1 Å². The number of halogens is 3. The summed E-state index contributed by atoms with van der Waals surface area (Å²) in [5, 5.41) is 0. The molecule has 0 aromatic rings. The molecule has 0 aromatic heterocycles. The Labute approximate surface area is 107 Å². The summed E-state index contributed by atoms with van der Waals surface area (Å²) in [6.07, 6.45) is -4.22. The molecule has 0 spiro atoms. The predicted molar refractivity (Wildman–Crippen MR) is 65.2 cm³/mol. The SMILES string of the molecule is CC1CC(OC(C(C)N)C(F)(F)F)CC(C)(C)C1. The Morgan fingerprint density at radius 1 is 1.28 bits per heavy atom. The molecule has 108 valence electrons. The second-order valence-corrected chi connectivity index (χ2v) is 6.49. The molecular formula is C13H24F3NO. The Morgan fingerprint density at radius 2 is 1.83 bits per heavy atom. The summed E-state index contributed by atoms with van der Waals surface area (Å²) in [4.78, 5) is 0. The maximum absolute atomic E-state index is 12.8. The zero-order chi connectivity index (χ0) is 14.1. The molecule has 18 heavy (non-hydrogen) atoms. The van der Waals surface area contributed by atoms with E-state index >= 15 is 0 Å². The van der Waals surface area contributed by atoms with Crippen LogP contribution in [0.25, 0.3) is 0 Å². The van der Waals surface area contributed by atoms with Crippen molar-refractivity contribution in [3.8, 4) is 0 Å². The van der Waals surface area contributed by atoms with Gasteiger partial charge in [-0.3, -0.25) is 0 Å². The van der Waals surface area contributed by atoms with Crippen LogP contribution >= 0.6 is 0 Å². The lowest BCUT2D eigenvalue weighted by Gasteiger charge is -2.40. The average Bonchev–Trinajstić information content (AvgIpc) is 2.08. The normalized spacial score (nSPS) is 32.0. The first-order valence-corrected chi connectivity index (χ1v) is 6.49. The summed E-state index contributed by atoms with van der Waals surface area (Å²) in [5.74, 6) is 0.390. The molecule has 0 heterocycles. The van der Waals surface area contributed by atoms with Crippen molar-refractivity contribution >= 4 is 0 Å². The van der Waals surface area contributed by atoms with Crippen LogP contribution in [0.15, 0.2) is 0 Å². The molecule has 4 unspecified atom stereocenters. The molecule has 0 radical (unpaired) electrons. The molecule has 0 saturated heterocycles. The first kappa shape index (κ1) is 15.8. The van der Waals surface area contributed by atoms with E-state index in [-0.39, 0.29) is 11.5 Å². The standard InChI is InChI=1S/C13H24F3NO/c1-8-5-10(7-12(3,4)6-8)18-11(9(2)17)13(14,15)16/h8-11H,5-7,17H2,1-4H3. The average molecular weight is 267 g/mol. The van der Waals surface area contributed by atoms with Gasteiger partial charge in [0.15, 0.2) is 6.10 Å². The van der Waals surface area contributed by atoms with E-state index in [4.69, 9.17) is 10.5 Å². The summed E-state index contributed by atoms with van der Waals surface area (Å²) in [6.45, 7) is 7.56. The molecule has 2 N–H and O–H groups in total. The molecule has 1 aliphatic carbocycles. The van der Waals surface area contributed by atoms with Gasteiger partial charge in [-0.05, 0) is 37.5 Å². The van der Waals surface area contributed by atoms with E-state index in [1.807, 2.05) is 0 Å². The highest BCUT2D eigenvalue weighted by atomic mass is 19.4. The van der Waals surface area contributed by atoms with Crippen molar-refractivity contribution < 1.29 is 17.9 Å². The zero-order valence-corrected chi connectivity index (χ0v) is 11.6. The van der Waals surface area contributed by atoms with E-state index < -0.39 is 18.3 Å². The van der Waals surface area contributed by atoms with E-state index in [9.17, 15) is 13.2 Å². The first-order valence-electron chi connectivity index (χ1n) is 6.49. The lowest BCUT2D eigenvalue weighted by atomic mass is 9.71. The van der Waals surface area contributed by atoms with Crippen LogP contribution in [0, 0.1) is 11.3 Å². The Morgan fingerprint density at radius 3 is 2.22 bits per heavy atom. The number of nitrogens with two attached hydrogens (primary N) is 1. The van der Waals surface area contributed by atoms with E-state index in [1.165, 1.54) is 6.92 Å². The molecule has 0 bridgehead atoms. The smallest absolute Gasteiger partial charge is 0.364 e. The molecule has 1 rings (SSSR count). The quantitative estimate of drug-likeness (QED) is 0.849. The Hall–Kier alpha value is -0.290. The minimum absolute atomic E-state index is 0.0380. The van der Waals surface area contributed by atoms with Gasteiger partial charge in [0, 0.05) is 6.04 Å². The van der Waals surface area contributed by atoms with Crippen molar-refractivity contribution in [1.29, 1.82) is 0 Å². The van der Waals surface area contributed by atoms with Crippen molar-refractivity contribution in [3.05, 3.63) is 0 Å². The fourth-order valence-electron chi connectivity index (χ4n) is 3.07.